The molecule has 0 spiro atoms. The molecular weight excluding hydrogens is 204 g/mol. The van der Waals surface area contributed by atoms with Crippen LogP contribution in [0.3, 0.4) is 0 Å². The SMILES string of the molecule is O=C(O)CN1CC(=O)NC(CCO)C1=O. The summed E-state index contributed by atoms with van der Waals surface area (Å²) >= 11 is 0. The van der Waals surface area contributed by atoms with Crippen molar-refractivity contribution in [3.8, 4) is 0 Å². The van der Waals surface area contributed by atoms with E-state index >= 15 is 0 Å². The van der Waals surface area contributed by atoms with Crippen LogP contribution in [0.4, 0.5) is 0 Å². The quantitative estimate of drug-likeness (QED) is 0.493. The summed E-state index contributed by atoms with van der Waals surface area (Å²) in [6.45, 7) is -0.973. The molecule has 0 radical (unpaired) electrons. The summed E-state index contributed by atoms with van der Waals surface area (Å²) in [7, 11) is 0. The number of carboxylic acid groups (broad SMARTS) is 1. The Morgan fingerprint density at radius 3 is 2.73 bits per heavy atom. The van der Waals surface area contributed by atoms with E-state index < -0.39 is 30.4 Å². The van der Waals surface area contributed by atoms with Gasteiger partial charge in [-0.05, 0) is 6.42 Å². The van der Waals surface area contributed by atoms with Crippen molar-refractivity contribution in [2.24, 2.45) is 0 Å². The van der Waals surface area contributed by atoms with Crippen molar-refractivity contribution in [3.05, 3.63) is 0 Å². The highest BCUT2D eigenvalue weighted by atomic mass is 16.4. The van der Waals surface area contributed by atoms with Gasteiger partial charge in [0.1, 0.15) is 19.1 Å². The molecule has 1 aliphatic rings. The molecule has 84 valence electrons. The molecule has 0 aliphatic carbocycles. The van der Waals surface area contributed by atoms with Crippen LogP contribution in [0.1, 0.15) is 6.42 Å². The first kappa shape index (κ1) is 11.4. The largest absolute Gasteiger partial charge is 0.480 e. The number of carbonyl (C=O) groups is 3. The minimum atomic E-state index is -1.17. The Morgan fingerprint density at radius 1 is 1.53 bits per heavy atom. The fraction of sp³-hybridized carbons (Fsp3) is 0.625. The average molecular weight is 216 g/mol. The summed E-state index contributed by atoms with van der Waals surface area (Å²) in [5, 5.41) is 19.6. The van der Waals surface area contributed by atoms with Gasteiger partial charge in [0.15, 0.2) is 0 Å². The first-order valence-corrected chi connectivity index (χ1v) is 4.45. The van der Waals surface area contributed by atoms with Gasteiger partial charge in [-0.1, -0.05) is 0 Å². The molecular formula is C8H12N2O5. The molecule has 1 atom stereocenters. The molecule has 1 saturated heterocycles. The zero-order valence-corrected chi connectivity index (χ0v) is 7.97. The third-order valence-corrected chi connectivity index (χ3v) is 2.02. The third kappa shape index (κ3) is 2.91. The number of carbonyl (C=O) groups excluding carboxylic acids is 2. The van der Waals surface area contributed by atoms with Crippen LogP contribution in [0.15, 0.2) is 0 Å². The molecule has 1 aliphatic heterocycles. The minimum absolute atomic E-state index is 0.0979. The topological polar surface area (TPSA) is 107 Å². The lowest BCUT2D eigenvalue weighted by Gasteiger charge is -2.31. The summed E-state index contributed by atoms with van der Waals surface area (Å²) < 4.78 is 0. The number of nitrogens with one attached hydrogen (secondary N) is 1. The normalized spacial score (nSPS) is 21.4. The number of aliphatic carboxylic acids is 1. The number of aliphatic hydroxyl groups excluding tert-OH is 1. The molecule has 0 bridgehead atoms. The molecule has 1 fully saturated rings. The molecule has 0 aromatic carbocycles. The highest BCUT2D eigenvalue weighted by Crippen LogP contribution is 2.05. The number of rotatable bonds is 4. The Morgan fingerprint density at radius 2 is 2.20 bits per heavy atom. The zero-order chi connectivity index (χ0) is 11.4. The first-order chi connectivity index (χ1) is 7.04. The molecule has 15 heavy (non-hydrogen) atoms. The number of nitrogens with zero attached hydrogens (tertiary/aromatic N) is 1. The van der Waals surface area contributed by atoms with Crippen molar-refractivity contribution < 1.29 is 24.6 Å². The summed E-state index contributed by atoms with van der Waals surface area (Å²) in [6.07, 6.45) is 0.0979. The lowest BCUT2D eigenvalue weighted by Crippen LogP contribution is -2.59. The zero-order valence-electron chi connectivity index (χ0n) is 7.97. The molecule has 3 N–H and O–H groups in total. The molecule has 0 aromatic rings. The molecule has 7 nitrogen and oxygen atoms in total. The minimum Gasteiger partial charge on any atom is -0.480 e. The van der Waals surface area contributed by atoms with Crippen LogP contribution in [0.2, 0.25) is 0 Å². The van der Waals surface area contributed by atoms with E-state index in [1.807, 2.05) is 0 Å². The van der Waals surface area contributed by atoms with Gasteiger partial charge in [0, 0.05) is 6.61 Å². The summed E-state index contributed by atoms with van der Waals surface area (Å²) in [5.41, 5.74) is 0. The number of carboxylic acids is 1. The van der Waals surface area contributed by atoms with Crippen LogP contribution in [0, 0.1) is 0 Å². The maximum atomic E-state index is 11.5. The first-order valence-electron chi connectivity index (χ1n) is 4.45. The molecule has 2 amide bonds. The van der Waals surface area contributed by atoms with Crippen molar-refractivity contribution in [1.29, 1.82) is 0 Å². The third-order valence-electron chi connectivity index (χ3n) is 2.02. The van der Waals surface area contributed by atoms with E-state index in [-0.39, 0.29) is 19.6 Å². The fourth-order valence-electron chi connectivity index (χ4n) is 1.40. The fourth-order valence-corrected chi connectivity index (χ4v) is 1.40. The van der Waals surface area contributed by atoms with Crippen LogP contribution in [-0.2, 0) is 14.4 Å². The van der Waals surface area contributed by atoms with Crippen LogP contribution in [-0.4, -0.2) is 58.6 Å². The Balaban J connectivity index is 2.67. The monoisotopic (exact) mass is 216 g/mol. The second-order valence-electron chi connectivity index (χ2n) is 3.22. The summed E-state index contributed by atoms with van der Waals surface area (Å²) in [5.74, 6) is -2.04. The van der Waals surface area contributed by atoms with E-state index in [4.69, 9.17) is 10.2 Å². The highest BCUT2D eigenvalue weighted by molar-refractivity contribution is 5.96. The molecule has 0 saturated carbocycles. The molecule has 7 heteroatoms. The number of hydrogen-bond donors (Lipinski definition) is 3. The summed E-state index contributed by atoms with van der Waals surface area (Å²) in [6, 6.07) is -0.810. The van der Waals surface area contributed by atoms with Gasteiger partial charge < -0.3 is 20.4 Å². The van der Waals surface area contributed by atoms with E-state index in [9.17, 15) is 14.4 Å². The van der Waals surface area contributed by atoms with Crippen LogP contribution < -0.4 is 5.32 Å². The molecule has 1 unspecified atom stereocenters. The van der Waals surface area contributed by atoms with Crippen molar-refractivity contribution in [3.63, 3.8) is 0 Å². The highest BCUT2D eigenvalue weighted by Gasteiger charge is 2.32. The Kier molecular flexibility index (Phi) is 3.62. The Labute approximate surface area is 85.7 Å². The number of piperazine rings is 1. The van der Waals surface area contributed by atoms with Gasteiger partial charge in [0.05, 0.1) is 0 Å². The van der Waals surface area contributed by atoms with Crippen molar-refractivity contribution in [2.45, 2.75) is 12.5 Å². The summed E-state index contributed by atoms with van der Waals surface area (Å²) in [4.78, 5) is 34.0. The number of hydrogen-bond acceptors (Lipinski definition) is 4. The van der Waals surface area contributed by atoms with Gasteiger partial charge in [-0.25, -0.2) is 0 Å². The van der Waals surface area contributed by atoms with Crippen molar-refractivity contribution in [2.75, 3.05) is 19.7 Å². The van der Waals surface area contributed by atoms with Gasteiger partial charge in [0.25, 0.3) is 0 Å². The maximum Gasteiger partial charge on any atom is 0.323 e. The lowest BCUT2D eigenvalue weighted by atomic mass is 10.1. The smallest absolute Gasteiger partial charge is 0.323 e. The van der Waals surface area contributed by atoms with Gasteiger partial charge >= 0.3 is 5.97 Å². The predicted molar refractivity (Wildman–Crippen MR) is 47.8 cm³/mol. The molecule has 1 heterocycles. The predicted octanol–water partition coefficient (Wildman–Crippen LogP) is -2.22. The van der Waals surface area contributed by atoms with E-state index in [0.29, 0.717) is 0 Å². The van der Waals surface area contributed by atoms with E-state index in [1.54, 1.807) is 0 Å². The van der Waals surface area contributed by atoms with Gasteiger partial charge in [-0.2, -0.15) is 0 Å². The maximum absolute atomic E-state index is 11.5. The van der Waals surface area contributed by atoms with E-state index in [1.165, 1.54) is 0 Å². The molecule has 1 rings (SSSR count). The van der Waals surface area contributed by atoms with Gasteiger partial charge in [0.2, 0.25) is 11.8 Å². The number of aliphatic hydroxyl groups is 1. The second-order valence-corrected chi connectivity index (χ2v) is 3.22. The van der Waals surface area contributed by atoms with Gasteiger partial charge in [-0.15, -0.1) is 0 Å². The second kappa shape index (κ2) is 4.74. The number of amides is 2. The van der Waals surface area contributed by atoms with Crippen molar-refractivity contribution in [1.82, 2.24) is 10.2 Å². The standard InChI is InChI=1S/C8H12N2O5/c11-2-1-5-8(15)10(4-7(13)14)3-6(12)9-5/h5,11H,1-4H2,(H,9,12)(H,13,14). The van der Waals surface area contributed by atoms with Crippen LogP contribution in [0.25, 0.3) is 0 Å². The average Bonchev–Trinajstić information content (AvgIpc) is 2.12. The lowest BCUT2D eigenvalue weighted by molar-refractivity contribution is -0.150. The molecule has 0 aromatic heterocycles. The Hall–Kier alpha value is -1.63. The van der Waals surface area contributed by atoms with Crippen molar-refractivity contribution >= 4 is 17.8 Å². The van der Waals surface area contributed by atoms with E-state index in [0.717, 1.165) is 4.90 Å². The van der Waals surface area contributed by atoms with Crippen LogP contribution >= 0.6 is 0 Å². The van der Waals surface area contributed by atoms with Gasteiger partial charge in [-0.3, -0.25) is 14.4 Å². The van der Waals surface area contributed by atoms with E-state index in [2.05, 4.69) is 5.32 Å². The van der Waals surface area contributed by atoms with Crippen LogP contribution in [0.5, 0.6) is 0 Å². The Bertz CT molecular complexity index is 289.